The molecule has 0 bridgehead atoms. The van der Waals surface area contributed by atoms with E-state index in [4.69, 9.17) is 0 Å². The summed E-state index contributed by atoms with van der Waals surface area (Å²) in [6, 6.07) is 14.1. The van der Waals surface area contributed by atoms with E-state index in [9.17, 15) is 4.79 Å². The summed E-state index contributed by atoms with van der Waals surface area (Å²) in [5.41, 5.74) is 3.27. The first-order chi connectivity index (χ1) is 13.2. The minimum Gasteiger partial charge on any atom is -0.342 e. The van der Waals surface area contributed by atoms with Crippen LogP contribution < -0.4 is 16.2 Å². The fourth-order valence-corrected chi connectivity index (χ4v) is 3.09. The molecule has 0 saturated heterocycles. The van der Waals surface area contributed by atoms with Crippen molar-refractivity contribution in [1.29, 1.82) is 0 Å². The number of aryl methyl sites for hydroxylation is 1. The van der Waals surface area contributed by atoms with Crippen molar-refractivity contribution in [3.8, 4) is 0 Å². The maximum absolute atomic E-state index is 11.9. The van der Waals surface area contributed by atoms with E-state index in [1.807, 2.05) is 26.0 Å². The third-order valence-corrected chi connectivity index (χ3v) is 4.28. The Labute approximate surface area is 158 Å². The third kappa shape index (κ3) is 4.23. The lowest BCUT2D eigenvalue weighted by molar-refractivity contribution is 0.756. The molecule has 1 aliphatic rings. The predicted molar refractivity (Wildman–Crippen MR) is 112 cm³/mol. The van der Waals surface area contributed by atoms with Gasteiger partial charge in [0, 0.05) is 0 Å². The number of aromatic nitrogens is 2. The van der Waals surface area contributed by atoms with Crippen molar-refractivity contribution < 1.29 is 0 Å². The van der Waals surface area contributed by atoms with Crippen molar-refractivity contribution in [2.24, 2.45) is 4.99 Å². The van der Waals surface area contributed by atoms with Crippen LogP contribution in [0.1, 0.15) is 25.0 Å². The average Bonchev–Trinajstić information content (AvgIpc) is 2.70. The van der Waals surface area contributed by atoms with Crippen molar-refractivity contribution in [3.05, 3.63) is 63.9 Å². The van der Waals surface area contributed by atoms with Gasteiger partial charge in [-0.25, -0.2) is 10.1 Å². The van der Waals surface area contributed by atoms with Crippen LogP contribution in [0.3, 0.4) is 0 Å². The monoisotopic (exact) mass is 363 g/mol. The number of hydrogen-bond donors (Lipinski definition) is 3. The molecule has 1 aromatic heterocycles. The maximum Gasteiger partial charge on any atom is 0.272 e. The molecular weight excluding hydrogens is 338 g/mol. The summed E-state index contributed by atoms with van der Waals surface area (Å²) in [4.78, 5) is 16.4. The van der Waals surface area contributed by atoms with Gasteiger partial charge in [0.2, 0.25) is 0 Å². The van der Waals surface area contributed by atoms with E-state index < -0.39 is 0 Å². The van der Waals surface area contributed by atoms with Gasteiger partial charge in [0.15, 0.2) is 5.82 Å². The molecule has 0 aliphatic carbocycles. The van der Waals surface area contributed by atoms with Gasteiger partial charge in [0.05, 0.1) is 23.0 Å². The molecule has 0 spiro atoms. The molecular formula is C21H25N5O. The van der Waals surface area contributed by atoms with Crippen LogP contribution in [-0.2, 0) is 6.42 Å². The standard InChI is InChI=1S/C19H19N5O.C2H6/c1-12-4-2-5-13(10-12)8-9-20-11-16-21-15-7-3-6-14-17(15)18(22-16)23-24-19(14)25;1-2/h2-7,10,20H,8-9,11H2,1H3,(H,24,25)(H,21,22,23);1-2H3. The number of anilines is 1. The largest absolute Gasteiger partial charge is 0.342 e. The summed E-state index contributed by atoms with van der Waals surface area (Å²) in [5.74, 6) is 1.35. The molecule has 6 heteroatoms. The number of amidine groups is 1. The van der Waals surface area contributed by atoms with Crippen molar-refractivity contribution >= 4 is 28.1 Å². The van der Waals surface area contributed by atoms with E-state index >= 15 is 0 Å². The zero-order chi connectivity index (χ0) is 19.2. The number of hydrogen-bond acceptors (Lipinski definition) is 5. The molecule has 0 saturated carbocycles. The number of benzene rings is 2. The lowest BCUT2D eigenvalue weighted by Gasteiger charge is -2.18. The summed E-state index contributed by atoms with van der Waals surface area (Å²) in [7, 11) is 0. The topological polar surface area (TPSA) is 82.2 Å². The summed E-state index contributed by atoms with van der Waals surface area (Å²) < 4.78 is 0. The second kappa shape index (κ2) is 8.60. The Balaban J connectivity index is 0.00000102. The highest BCUT2D eigenvalue weighted by molar-refractivity contribution is 6.12. The Morgan fingerprint density at radius 2 is 1.93 bits per heavy atom. The summed E-state index contributed by atoms with van der Waals surface area (Å²) >= 11 is 0. The van der Waals surface area contributed by atoms with E-state index in [0.717, 1.165) is 29.9 Å². The second-order valence-corrected chi connectivity index (χ2v) is 6.20. The van der Waals surface area contributed by atoms with Crippen LogP contribution in [0.15, 0.2) is 52.3 Å². The first-order valence-corrected chi connectivity index (χ1v) is 9.33. The quantitative estimate of drug-likeness (QED) is 0.606. The minimum absolute atomic E-state index is 0.197. The van der Waals surface area contributed by atoms with Gasteiger partial charge in [-0.2, -0.15) is 5.10 Å². The highest BCUT2D eigenvalue weighted by atomic mass is 16.1. The van der Waals surface area contributed by atoms with E-state index in [0.29, 0.717) is 17.7 Å². The van der Waals surface area contributed by atoms with Crippen LogP contribution in [0.2, 0.25) is 0 Å². The molecule has 2 aromatic carbocycles. The molecule has 4 rings (SSSR count). The minimum atomic E-state index is -0.197. The Morgan fingerprint density at radius 1 is 1.11 bits per heavy atom. The molecule has 1 aliphatic heterocycles. The van der Waals surface area contributed by atoms with Crippen LogP contribution in [0, 0.1) is 6.92 Å². The van der Waals surface area contributed by atoms with Crippen LogP contribution in [-0.4, -0.2) is 29.1 Å². The molecule has 140 valence electrons. The zero-order valence-electron chi connectivity index (χ0n) is 16.0. The van der Waals surface area contributed by atoms with Crippen LogP contribution in [0.5, 0.6) is 0 Å². The number of aromatic amines is 1. The summed E-state index contributed by atoms with van der Waals surface area (Å²) in [5, 5.41) is 14.7. The van der Waals surface area contributed by atoms with Gasteiger partial charge in [-0.1, -0.05) is 49.7 Å². The molecule has 3 N–H and O–H groups in total. The lowest BCUT2D eigenvalue weighted by Crippen LogP contribution is -2.31. The predicted octanol–water partition coefficient (Wildman–Crippen LogP) is 3.55. The Morgan fingerprint density at radius 3 is 2.74 bits per heavy atom. The van der Waals surface area contributed by atoms with Crippen LogP contribution in [0.4, 0.5) is 11.5 Å². The van der Waals surface area contributed by atoms with Crippen LogP contribution in [0.25, 0.3) is 10.8 Å². The van der Waals surface area contributed by atoms with Gasteiger partial charge < -0.3 is 10.6 Å². The first kappa shape index (κ1) is 18.8. The Hall–Kier alpha value is -2.99. The molecule has 0 unspecified atom stereocenters. The number of nitrogens with one attached hydrogen (secondary N) is 3. The fourth-order valence-electron chi connectivity index (χ4n) is 3.09. The smallest absolute Gasteiger partial charge is 0.272 e. The van der Waals surface area contributed by atoms with E-state index in [2.05, 4.69) is 57.0 Å². The number of H-pyrrole nitrogens is 1. The SMILES string of the molecule is CC.Cc1cccc(CCNCC2=Nc3n[nH]c(=O)c4cccc(c34)N2)c1. The molecule has 6 nitrogen and oxygen atoms in total. The Bertz CT molecular complexity index is 1020. The van der Waals surface area contributed by atoms with Crippen molar-refractivity contribution in [2.45, 2.75) is 27.2 Å². The number of aliphatic imine (C=N–C) groups is 1. The molecule has 3 aromatic rings. The van der Waals surface area contributed by atoms with Gasteiger partial charge in [-0.05, 0) is 37.6 Å². The maximum atomic E-state index is 11.9. The normalized spacial score (nSPS) is 12.0. The molecule has 0 radical (unpaired) electrons. The molecule has 27 heavy (non-hydrogen) atoms. The molecule has 0 fully saturated rings. The number of nitrogens with zero attached hydrogens (tertiary/aromatic N) is 2. The molecule has 2 heterocycles. The summed E-state index contributed by atoms with van der Waals surface area (Å²) in [6.45, 7) is 7.58. The van der Waals surface area contributed by atoms with Gasteiger partial charge in [-0.3, -0.25) is 4.79 Å². The van der Waals surface area contributed by atoms with Gasteiger partial charge in [0.25, 0.3) is 5.56 Å². The first-order valence-electron chi connectivity index (χ1n) is 9.33. The van der Waals surface area contributed by atoms with Crippen LogP contribution >= 0.6 is 0 Å². The molecule has 0 amide bonds. The fraction of sp³-hybridized carbons (Fsp3) is 0.286. The van der Waals surface area contributed by atoms with Crippen molar-refractivity contribution in [2.75, 3.05) is 18.4 Å². The highest BCUT2D eigenvalue weighted by Crippen LogP contribution is 2.31. The Kier molecular flexibility index (Phi) is 5.98. The van der Waals surface area contributed by atoms with Crippen molar-refractivity contribution in [3.63, 3.8) is 0 Å². The highest BCUT2D eigenvalue weighted by Gasteiger charge is 2.16. The van der Waals surface area contributed by atoms with Gasteiger partial charge in [-0.15, -0.1) is 0 Å². The third-order valence-electron chi connectivity index (χ3n) is 4.28. The van der Waals surface area contributed by atoms with E-state index in [1.165, 1.54) is 11.1 Å². The average molecular weight is 363 g/mol. The zero-order valence-corrected chi connectivity index (χ0v) is 16.0. The van der Waals surface area contributed by atoms with Crippen molar-refractivity contribution in [1.82, 2.24) is 15.5 Å². The van der Waals surface area contributed by atoms with Gasteiger partial charge in [0.1, 0.15) is 5.84 Å². The number of rotatable bonds is 5. The molecule has 0 atom stereocenters. The summed E-state index contributed by atoms with van der Waals surface area (Å²) in [6.07, 6.45) is 0.965. The van der Waals surface area contributed by atoms with E-state index in [1.54, 1.807) is 6.07 Å². The van der Waals surface area contributed by atoms with Gasteiger partial charge >= 0.3 is 0 Å². The second-order valence-electron chi connectivity index (χ2n) is 6.20. The lowest BCUT2D eigenvalue weighted by atomic mass is 10.1. The van der Waals surface area contributed by atoms with E-state index in [-0.39, 0.29) is 5.56 Å².